The second-order valence-electron chi connectivity index (χ2n) is 9.64. The molecule has 6 nitrogen and oxygen atoms in total. The number of furan rings is 1. The van der Waals surface area contributed by atoms with Gasteiger partial charge in [-0.1, -0.05) is 30.3 Å². The van der Waals surface area contributed by atoms with Crippen LogP contribution < -0.4 is 5.32 Å². The van der Waals surface area contributed by atoms with E-state index in [-0.39, 0.29) is 22.9 Å². The van der Waals surface area contributed by atoms with Gasteiger partial charge in [0.25, 0.3) is 0 Å². The van der Waals surface area contributed by atoms with Gasteiger partial charge in [0, 0.05) is 0 Å². The van der Waals surface area contributed by atoms with Crippen molar-refractivity contribution >= 4 is 5.91 Å². The molecule has 6 heteroatoms. The first-order valence-electron chi connectivity index (χ1n) is 10.9. The lowest BCUT2D eigenvalue weighted by Crippen LogP contribution is -2.61. The molecule has 4 aliphatic rings. The van der Waals surface area contributed by atoms with E-state index in [0.29, 0.717) is 11.8 Å². The summed E-state index contributed by atoms with van der Waals surface area (Å²) in [6, 6.07) is 13.6. The molecule has 4 aliphatic carbocycles. The van der Waals surface area contributed by atoms with Crippen LogP contribution in [0.4, 0.5) is 0 Å². The quantitative estimate of drug-likeness (QED) is 0.698. The minimum atomic E-state index is -0.338. The van der Waals surface area contributed by atoms with Gasteiger partial charge in [0.15, 0.2) is 0 Å². The maximum absolute atomic E-state index is 13.9. The molecule has 1 aromatic carbocycles. The van der Waals surface area contributed by atoms with Crippen molar-refractivity contribution in [1.29, 1.82) is 0 Å². The van der Waals surface area contributed by atoms with Gasteiger partial charge in [0.1, 0.15) is 24.5 Å². The maximum Gasteiger partial charge on any atom is 0.227 e. The van der Waals surface area contributed by atoms with Crippen LogP contribution >= 0.6 is 0 Å². The Bertz CT molecular complexity index is 1010. The van der Waals surface area contributed by atoms with Crippen molar-refractivity contribution in [3.8, 4) is 0 Å². The van der Waals surface area contributed by atoms with E-state index >= 15 is 0 Å². The van der Waals surface area contributed by atoms with Crippen LogP contribution in [0.5, 0.6) is 0 Å². The van der Waals surface area contributed by atoms with E-state index in [1.165, 1.54) is 6.42 Å². The normalized spacial score (nSPS) is 32.8. The molecule has 0 radical (unpaired) electrons. The highest BCUT2D eigenvalue weighted by molar-refractivity contribution is 5.84. The highest BCUT2D eigenvalue weighted by atomic mass is 16.3. The summed E-state index contributed by atoms with van der Waals surface area (Å²) in [4.78, 5) is 18.1. The van der Waals surface area contributed by atoms with Gasteiger partial charge in [-0.2, -0.15) is 5.10 Å². The number of hydrogen-bond acceptors (Lipinski definition) is 4. The fourth-order valence-electron chi connectivity index (χ4n) is 6.91. The van der Waals surface area contributed by atoms with E-state index in [0.717, 1.165) is 43.4 Å². The fraction of sp³-hybridized carbons (Fsp3) is 0.458. The van der Waals surface area contributed by atoms with E-state index in [2.05, 4.69) is 15.4 Å². The molecule has 5 atom stereocenters. The van der Waals surface area contributed by atoms with Crippen molar-refractivity contribution in [2.45, 2.75) is 50.1 Å². The lowest BCUT2D eigenvalue weighted by molar-refractivity contribution is -0.156. The Morgan fingerprint density at radius 3 is 2.57 bits per heavy atom. The third kappa shape index (κ3) is 2.73. The third-order valence-corrected chi connectivity index (χ3v) is 7.65. The molecule has 0 aliphatic heterocycles. The van der Waals surface area contributed by atoms with E-state index in [1.54, 1.807) is 12.6 Å². The third-order valence-electron chi connectivity index (χ3n) is 7.65. The van der Waals surface area contributed by atoms with Gasteiger partial charge in [-0.3, -0.25) is 4.79 Å². The molecule has 2 heterocycles. The smallest absolute Gasteiger partial charge is 0.227 e. The summed E-state index contributed by atoms with van der Waals surface area (Å²) >= 11 is 0. The zero-order valence-corrected chi connectivity index (χ0v) is 16.9. The van der Waals surface area contributed by atoms with Gasteiger partial charge in [-0.15, -0.1) is 0 Å². The number of nitrogens with one attached hydrogen (secondary N) is 1. The van der Waals surface area contributed by atoms with E-state index in [4.69, 9.17) is 4.42 Å². The molecule has 2 unspecified atom stereocenters. The summed E-state index contributed by atoms with van der Waals surface area (Å²) in [5.74, 6) is 2.09. The lowest BCUT2D eigenvalue weighted by atomic mass is 9.46. The van der Waals surface area contributed by atoms with Crippen molar-refractivity contribution < 1.29 is 9.21 Å². The van der Waals surface area contributed by atoms with Crippen molar-refractivity contribution in [2.75, 3.05) is 0 Å². The monoisotopic (exact) mass is 402 g/mol. The summed E-state index contributed by atoms with van der Waals surface area (Å²) in [5.41, 5.74) is 0.636. The first-order valence-corrected chi connectivity index (χ1v) is 10.9. The summed E-state index contributed by atoms with van der Waals surface area (Å²) in [5, 5.41) is 7.88. The molecule has 0 spiro atoms. The molecular formula is C24H26N4O2. The van der Waals surface area contributed by atoms with Crippen molar-refractivity contribution in [3.63, 3.8) is 0 Å². The van der Waals surface area contributed by atoms with Gasteiger partial charge in [-0.05, 0) is 68.1 Å². The Morgan fingerprint density at radius 1 is 1.10 bits per heavy atom. The molecule has 4 bridgehead atoms. The largest absolute Gasteiger partial charge is 0.467 e. The second-order valence-corrected chi connectivity index (χ2v) is 9.64. The Hall–Kier alpha value is -2.89. The van der Waals surface area contributed by atoms with E-state index in [1.807, 2.05) is 53.5 Å². The second kappa shape index (κ2) is 6.56. The Labute approximate surface area is 175 Å². The number of hydrogen-bond donors (Lipinski definition) is 1. The molecule has 30 heavy (non-hydrogen) atoms. The highest BCUT2D eigenvalue weighted by Gasteiger charge is 2.61. The van der Waals surface area contributed by atoms with Crippen LogP contribution in [-0.2, 0) is 10.3 Å². The van der Waals surface area contributed by atoms with Gasteiger partial charge in [0.2, 0.25) is 5.91 Å². The van der Waals surface area contributed by atoms with E-state index in [9.17, 15) is 4.79 Å². The molecular weight excluding hydrogens is 376 g/mol. The molecule has 2 aromatic heterocycles. The maximum atomic E-state index is 13.9. The number of carbonyl (C=O) groups is 1. The number of carbonyl (C=O) groups excluding carboxylic acids is 1. The first-order chi connectivity index (χ1) is 14.7. The average molecular weight is 402 g/mol. The molecule has 154 valence electrons. The summed E-state index contributed by atoms with van der Waals surface area (Å²) in [7, 11) is 0. The standard InChI is InChI=1S/C24H26N4O2/c29-22(27-21(20-7-4-8-30-20)19-5-2-1-3-6-19)23-10-17-9-18(11-23)13-24(12-17,14-23)28-16-25-15-26-28/h1-8,15-18,21H,9-14H2,(H,27,29)/t17-,18+,21-,23?,24?/m1/s1. The SMILES string of the molecule is O=C(N[C@H](c1ccccc1)c1ccco1)C12C[C@H]3C[C@@H](C1)CC(n1cncn1)(C3)C2. The van der Waals surface area contributed by atoms with Crippen LogP contribution in [0.25, 0.3) is 0 Å². The van der Waals surface area contributed by atoms with Crippen LogP contribution in [0.3, 0.4) is 0 Å². The van der Waals surface area contributed by atoms with Gasteiger partial charge in [-0.25, -0.2) is 9.67 Å². The van der Waals surface area contributed by atoms with Gasteiger partial charge in [0.05, 0.1) is 17.2 Å². The molecule has 4 fully saturated rings. The number of benzene rings is 1. The van der Waals surface area contributed by atoms with Crippen molar-refractivity contribution in [1.82, 2.24) is 20.1 Å². The molecule has 3 aromatic rings. The van der Waals surface area contributed by atoms with Crippen molar-refractivity contribution in [3.05, 3.63) is 72.7 Å². The summed E-state index contributed by atoms with van der Waals surface area (Å²) in [6.45, 7) is 0. The minimum Gasteiger partial charge on any atom is -0.467 e. The molecule has 7 rings (SSSR count). The summed E-state index contributed by atoms with van der Waals surface area (Å²) < 4.78 is 7.76. The average Bonchev–Trinajstić information content (AvgIpc) is 3.46. The van der Waals surface area contributed by atoms with Crippen LogP contribution in [0.1, 0.15) is 55.9 Å². The Kier molecular flexibility index (Phi) is 3.92. The summed E-state index contributed by atoms with van der Waals surface area (Å²) in [6.07, 6.45) is 11.4. The van der Waals surface area contributed by atoms with Crippen LogP contribution in [-0.4, -0.2) is 20.7 Å². The number of aromatic nitrogens is 3. The van der Waals surface area contributed by atoms with E-state index < -0.39 is 0 Å². The van der Waals surface area contributed by atoms with Gasteiger partial charge < -0.3 is 9.73 Å². The zero-order chi connectivity index (χ0) is 20.2. The fourth-order valence-corrected chi connectivity index (χ4v) is 6.91. The Balaban J connectivity index is 1.34. The van der Waals surface area contributed by atoms with Crippen LogP contribution in [0, 0.1) is 17.3 Å². The molecule has 0 saturated heterocycles. The Morgan fingerprint density at radius 2 is 1.90 bits per heavy atom. The number of rotatable bonds is 5. The number of nitrogens with zero attached hydrogens (tertiary/aromatic N) is 3. The van der Waals surface area contributed by atoms with Gasteiger partial charge >= 0.3 is 0 Å². The lowest BCUT2D eigenvalue weighted by Gasteiger charge is -2.61. The molecule has 1 N–H and O–H groups in total. The van der Waals surface area contributed by atoms with Crippen molar-refractivity contribution in [2.24, 2.45) is 17.3 Å². The topological polar surface area (TPSA) is 73.0 Å². The number of amides is 1. The predicted molar refractivity (Wildman–Crippen MR) is 110 cm³/mol. The van der Waals surface area contributed by atoms with Crippen LogP contribution in [0.2, 0.25) is 0 Å². The minimum absolute atomic E-state index is 0.0646. The molecule has 1 amide bonds. The molecule has 4 saturated carbocycles. The predicted octanol–water partition coefficient (Wildman–Crippen LogP) is 4.07. The first kappa shape index (κ1) is 17.9. The zero-order valence-electron chi connectivity index (χ0n) is 16.9. The highest BCUT2D eigenvalue weighted by Crippen LogP contribution is 2.64. The van der Waals surface area contributed by atoms with Crippen LogP contribution in [0.15, 0.2) is 65.8 Å².